The highest BCUT2D eigenvalue weighted by Crippen LogP contribution is 2.35. The van der Waals surface area contributed by atoms with Gasteiger partial charge >= 0.3 is 5.97 Å². The lowest BCUT2D eigenvalue weighted by Gasteiger charge is -2.29. The molecule has 0 aliphatic heterocycles. The van der Waals surface area contributed by atoms with Crippen LogP contribution in [-0.4, -0.2) is 17.7 Å². The van der Waals surface area contributed by atoms with E-state index in [0.29, 0.717) is 0 Å². The predicted octanol–water partition coefficient (Wildman–Crippen LogP) is 3.38. The molecule has 0 saturated heterocycles. The number of carboxylic acids is 1. The predicted molar refractivity (Wildman–Crippen MR) is 71.7 cm³/mol. The molecule has 2 aromatic carbocycles. The van der Waals surface area contributed by atoms with Crippen molar-refractivity contribution in [1.29, 1.82) is 0 Å². The van der Waals surface area contributed by atoms with Gasteiger partial charge in [-0.3, -0.25) is 0 Å². The van der Waals surface area contributed by atoms with Crippen LogP contribution in [0.25, 0.3) is 0 Å². The van der Waals surface area contributed by atoms with Crippen LogP contribution in [0.4, 0.5) is 8.78 Å². The van der Waals surface area contributed by atoms with E-state index in [4.69, 9.17) is 9.84 Å². The zero-order valence-corrected chi connectivity index (χ0v) is 11.0. The molecule has 0 bridgehead atoms. The zero-order chi connectivity index (χ0) is 15.0. The number of ether oxygens (including phenoxy) is 1. The molecule has 0 heterocycles. The minimum absolute atomic E-state index is 0.110. The minimum atomic E-state index is -1.38. The smallest absolute Gasteiger partial charge is 0.335 e. The summed E-state index contributed by atoms with van der Waals surface area (Å²) in [6.07, 6.45) is 0.812. The zero-order valence-electron chi connectivity index (χ0n) is 11.0. The summed E-state index contributed by atoms with van der Waals surface area (Å²) >= 11 is 0. The van der Waals surface area contributed by atoms with E-state index in [0.717, 1.165) is 24.1 Å². The van der Waals surface area contributed by atoms with Crippen molar-refractivity contribution in [3.8, 4) is 5.75 Å². The largest absolute Gasteiger partial charge is 0.487 e. The van der Waals surface area contributed by atoms with E-state index >= 15 is 0 Å². The Bertz CT molecular complexity index is 689. The molecule has 2 aromatic rings. The molecular weight excluding hydrogens is 278 g/mol. The van der Waals surface area contributed by atoms with Crippen LogP contribution in [0, 0.1) is 11.6 Å². The van der Waals surface area contributed by atoms with Crippen molar-refractivity contribution in [1.82, 2.24) is 0 Å². The van der Waals surface area contributed by atoms with Gasteiger partial charge in [-0.25, -0.2) is 13.6 Å². The number of rotatable bonds is 4. The number of hydrogen-bond acceptors (Lipinski definition) is 2. The number of hydrogen-bond donors (Lipinski definition) is 1. The van der Waals surface area contributed by atoms with Crippen LogP contribution < -0.4 is 4.74 Å². The summed E-state index contributed by atoms with van der Waals surface area (Å²) in [6, 6.07) is 9.35. The molecular formula is C16H12F2O3. The van der Waals surface area contributed by atoms with Crippen LogP contribution in [0.3, 0.4) is 0 Å². The van der Waals surface area contributed by atoms with Crippen LogP contribution in [0.5, 0.6) is 5.75 Å². The van der Waals surface area contributed by atoms with Crippen LogP contribution in [-0.2, 0) is 6.42 Å². The summed E-state index contributed by atoms with van der Waals surface area (Å²) in [6.45, 7) is 0.164. The maximum absolute atomic E-state index is 13.7. The maximum Gasteiger partial charge on any atom is 0.335 e. The highest BCUT2D eigenvalue weighted by atomic mass is 19.1. The van der Waals surface area contributed by atoms with Crippen molar-refractivity contribution in [2.75, 3.05) is 6.61 Å². The first kappa shape index (κ1) is 13.5. The Balaban J connectivity index is 1.74. The van der Waals surface area contributed by atoms with E-state index in [1.807, 2.05) is 24.3 Å². The Hall–Kier alpha value is -2.43. The van der Waals surface area contributed by atoms with Crippen LogP contribution in [0.1, 0.15) is 27.4 Å². The first-order valence-electron chi connectivity index (χ1n) is 6.49. The first-order chi connectivity index (χ1) is 10.1. The van der Waals surface area contributed by atoms with Gasteiger partial charge in [-0.1, -0.05) is 24.3 Å². The van der Waals surface area contributed by atoms with Gasteiger partial charge in [0.2, 0.25) is 0 Å². The molecule has 1 atom stereocenters. The third-order valence-electron chi connectivity index (χ3n) is 3.64. The van der Waals surface area contributed by atoms with E-state index in [-0.39, 0.29) is 12.5 Å². The van der Waals surface area contributed by atoms with Gasteiger partial charge in [0.05, 0.1) is 12.2 Å². The molecule has 0 saturated carbocycles. The topological polar surface area (TPSA) is 46.5 Å². The molecule has 3 nitrogen and oxygen atoms in total. The minimum Gasteiger partial charge on any atom is -0.487 e. The van der Waals surface area contributed by atoms with Crippen molar-refractivity contribution >= 4 is 5.97 Å². The van der Waals surface area contributed by atoms with Gasteiger partial charge < -0.3 is 9.84 Å². The quantitative estimate of drug-likeness (QED) is 0.939. The highest BCUT2D eigenvalue weighted by Gasteiger charge is 2.27. The highest BCUT2D eigenvalue weighted by molar-refractivity contribution is 5.87. The lowest BCUT2D eigenvalue weighted by Crippen LogP contribution is -2.23. The molecule has 1 aliphatic carbocycles. The second-order valence-corrected chi connectivity index (χ2v) is 4.99. The number of benzene rings is 2. The Morgan fingerprint density at radius 1 is 1.24 bits per heavy atom. The summed E-state index contributed by atoms with van der Waals surface area (Å²) in [5.41, 5.74) is 1.90. The average Bonchev–Trinajstić information content (AvgIpc) is 2.42. The maximum atomic E-state index is 13.7. The van der Waals surface area contributed by atoms with Crippen molar-refractivity contribution in [2.24, 2.45) is 0 Å². The van der Waals surface area contributed by atoms with Crippen molar-refractivity contribution in [3.63, 3.8) is 0 Å². The monoisotopic (exact) mass is 290 g/mol. The molecule has 0 fully saturated rings. The molecule has 21 heavy (non-hydrogen) atoms. The molecule has 5 heteroatoms. The fourth-order valence-electron chi connectivity index (χ4n) is 2.52. The van der Waals surface area contributed by atoms with E-state index in [9.17, 15) is 13.6 Å². The molecule has 0 aromatic heterocycles. The SMILES string of the molecule is O=C(O)c1cc(F)c(OCC2Cc3ccccc32)c(F)c1. The lowest BCUT2D eigenvalue weighted by atomic mass is 9.78. The normalized spacial score (nSPS) is 16.0. The van der Waals surface area contributed by atoms with Gasteiger partial charge in [-0.15, -0.1) is 0 Å². The Kier molecular flexibility index (Phi) is 3.33. The van der Waals surface area contributed by atoms with Gasteiger partial charge in [0.15, 0.2) is 17.4 Å². The molecule has 1 aliphatic rings. The van der Waals surface area contributed by atoms with Crippen molar-refractivity contribution < 1.29 is 23.4 Å². The Morgan fingerprint density at radius 2 is 1.90 bits per heavy atom. The van der Waals surface area contributed by atoms with Gasteiger partial charge in [0, 0.05) is 5.92 Å². The third-order valence-corrected chi connectivity index (χ3v) is 3.64. The van der Waals surface area contributed by atoms with Gasteiger partial charge in [0.1, 0.15) is 0 Å². The number of halogens is 2. The summed E-state index contributed by atoms with van der Waals surface area (Å²) < 4.78 is 32.6. The number of aromatic carboxylic acids is 1. The summed E-state index contributed by atoms with van der Waals surface area (Å²) in [7, 11) is 0. The van der Waals surface area contributed by atoms with E-state index < -0.39 is 28.9 Å². The van der Waals surface area contributed by atoms with E-state index in [1.165, 1.54) is 5.56 Å². The van der Waals surface area contributed by atoms with E-state index in [1.54, 1.807) is 0 Å². The van der Waals surface area contributed by atoms with Crippen LogP contribution in [0.2, 0.25) is 0 Å². The number of fused-ring (bicyclic) bond motifs is 1. The second kappa shape index (κ2) is 5.16. The lowest BCUT2D eigenvalue weighted by molar-refractivity contribution is 0.0695. The van der Waals surface area contributed by atoms with Gasteiger partial charge in [0.25, 0.3) is 0 Å². The summed E-state index contributed by atoms with van der Waals surface area (Å²) in [5.74, 6) is -3.80. The second-order valence-electron chi connectivity index (χ2n) is 4.99. The summed E-state index contributed by atoms with van der Waals surface area (Å²) in [4.78, 5) is 10.7. The van der Waals surface area contributed by atoms with Crippen molar-refractivity contribution in [2.45, 2.75) is 12.3 Å². The van der Waals surface area contributed by atoms with Crippen LogP contribution >= 0.6 is 0 Å². The number of carbonyl (C=O) groups is 1. The third kappa shape index (κ3) is 2.46. The van der Waals surface area contributed by atoms with Crippen molar-refractivity contribution in [3.05, 3.63) is 64.7 Å². The molecule has 0 radical (unpaired) electrons. The number of carboxylic acid groups (broad SMARTS) is 1. The van der Waals surface area contributed by atoms with Gasteiger partial charge in [-0.05, 0) is 29.7 Å². The Morgan fingerprint density at radius 3 is 2.52 bits per heavy atom. The molecule has 0 amide bonds. The Labute approximate surface area is 119 Å². The standard InChI is InChI=1S/C16H12F2O3/c17-13-6-10(16(19)20)7-14(18)15(13)21-8-11-5-9-3-1-2-4-12(9)11/h1-4,6-7,11H,5,8H2,(H,19,20). The molecule has 0 spiro atoms. The molecule has 108 valence electrons. The molecule has 3 rings (SSSR count). The molecule has 1 N–H and O–H groups in total. The fourth-order valence-corrected chi connectivity index (χ4v) is 2.52. The van der Waals surface area contributed by atoms with Gasteiger partial charge in [-0.2, -0.15) is 0 Å². The summed E-state index contributed by atoms with van der Waals surface area (Å²) in [5, 5.41) is 8.73. The molecule has 1 unspecified atom stereocenters. The average molecular weight is 290 g/mol. The first-order valence-corrected chi connectivity index (χ1v) is 6.49. The van der Waals surface area contributed by atoms with E-state index in [2.05, 4.69) is 0 Å². The fraction of sp³-hybridized carbons (Fsp3) is 0.188. The van der Waals surface area contributed by atoms with Crippen LogP contribution in [0.15, 0.2) is 36.4 Å².